The van der Waals surface area contributed by atoms with Crippen molar-refractivity contribution in [3.8, 4) is 0 Å². The van der Waals surface area contributed by atoms with Gasteiger partial charge >= 0.3 is 0 Å². The summed E-state index contributed by atoms with van der Waals surface area (Å²) in [5, 5.41) is 0.903. The SMILES string of the molecule is Cc1ncc2ccc(N3C(=O)[C@@H]4C5C=CC(C5)[C@@H]4C3=O)cc2n1. The highest BCUT2D eigenvalue weighted by molar-refractivity contribution is 6.23. The molecule has 5 heteroatoms. The molecule has 0 spiro atoms. The Balaban J connectivity index is 1.60. The van der Waals surface area contributed by atoms with Gasteiger partial charge in [-0.05, 0) is 43.4 Å². The number of amides is 2. The van der Waals surface area contributed by atoms with Crippen LogP contribution < -0.4 is 4.90 Å². The second-order valence-corrected chi connectivity index (χ2v) is 6.67. The van der Waals surface area contributed by atoms with E-state index in [9.17, 15) is 9.59 Å². The minimum absolute atomic E-state index is 0.0537. The number of nitrogens with zero attached hydrogens (tertiary/aromatic N) is 3. The number of carbonyl (C=O) groups excluding carboxylic acids is 2. The number of rotatable bonds is 1. The molecule has 2 bridgehead atoms. The quantitative estimate of drug-likeness (QED) is 0.599. The molecule has 2 unspecified atom stereocenters. The topological polar surface area (TPSA) is 63.2 Å². The van der Waals surface area contributed by atoms with Gasteiger partial charge in [-0.3, -0.25) is 9.59 Å². The lowest BCUT2D eigenvalue weighted by molar-refractivity contribution is -0.123. The molecule has 1 saturated carbocycles. The third kappa shape index (κ3) is 1.62. The van der Waals surface area contributed by atoms with Crippen LogP contribution in [0.1, 0.15) is 12.2 Å². The van der Waals surface area contributed by atoms with Crippen molar-refractivity contribution >= 4 is 28.4 Å². The van der Waals surface area contributed by atoms with Gasteiger partial charge in [0.15, 0.2) is 0 Å². The van der Waals surface area contributed by atoms with Gasteiger partial charge in [0.2, 0.25) is 11.8 Å². The zero-order valence-electron chi connectivity index (χ0n) is 12.6. The number of anilines is 1. The van der Waals surface area contributed by atoms with Crippen molar-refractivity contribution in [2.45, 2.75) is 13.3 Å². The van der Waals surface area contributed by atoms with E-state index in [0.29, 0.717) is 11.5 Å². The molecule has 2 fully saturated rings. The van der Waals surface area contributed by atoms with Crippen LogP contribution in [-0.4, -0.2) is 21.8 Å². The van der Waals surface area contributed by atoms with Crippen molar-refractivity contribution in [2.24, 2.45) is 23.7 Å². The highest BCUT2D eigenvalue weighted by Gasteiger charge is 2.59. The van der Waals surface area contributed by atoms with Gasteiger partial charge in [-0.15, -0.1) is 0 Å². The average Bonchev–Trinajstić information content (AvgIpc) is 3.21. The minimum atomic E-state index is -0.166. The van der Waals surface area contributed by atoms with Crippen molar-refractivity contribution in [1.29, 1.82) is 0 Å². The van der Waals surface area contributed by atoms with E-state index >= 15 is 0 Å². The summed E-state index contributed by atoms with van der Waals surface area (Å²) in [6, 6.07) is 5.50. The molecule has 0 radical (unpaired) electrons. The van der Waals surface area contributed by atoms with Crippen LogP contribution in [0.15, 0.2) is 36.5 Å². The molecule has 5 nitrogen and oxygen atoms in total. The fourth-order valence-electron chi connectivity index (χ4n) is 4.40. The smallest absolute Gasteiger partial charge is 0.238 e. The number of aromatic nitrogens is 2. The van der Waals surface area contributed by atoms with E-state index in [2.05, 4.69) is 22.1 Å². The summed E-state index contributed by atoms with van der Waals surface area (Å²) in [4.78, 5) is 35.6. The van der Waals surface area contributed by atoms with Gasteiger partial charge in [0.25, 0.3) is 0 Å². The lowest BCUT2D eigenvalue weighted by atomic mass is 9.85. The van der Waals surface area contributed by atoms with Crippen LogP contribution >= 0.6 is 0 Å². The molecule has 2 aromatic rings. The first-order valence-electron chi connectivity index (χ1n) is 7.93. The van der Waals surface area contributed by atoms with Crippen molar-refractivity contribution in [1.82, 2.24) is 9.97 Å². The highest BCUT2D eigenvalue weighted by Crippen LogP contribution is 2.53. The van der Waals surface area contributed by atoms with Gasteiger partial charge in [0, 0.05) is 11.6 Å². The lowest BCUT2D eigenvalue weighted by Crippen LogP contribution is -2.32. The molecule has 1 aromatic heterocycles. The molecule has 4 atom stereocenters. The Labute approximate surface area is 133 Å². The number of aryl methyl sites for hydroxylation is 1. The van der Waals surface area contributed by atoms with Crippen LogP contribution in [0, 0.1) is 30.6 Å². The maximum absolute atomic E-state index is 12.8. The first kappa shape index (κ1) is 12.9. The van der Waals surface area contributed by atoms with Crippen LogP contribution in [0.2, 0.25) is 0 Å². The summed E-state index contributed by atoms with van der Waals surface area (Å²) in [5.41, 5.74) is 1.38. The Hall–Kier alpha value is -2.56. The Kier molecular flexibility index (Phi) is 2.39. The standard InChI is InChI=1S/C18H15N3O2/c1-9-19-8-12-4-5-13(7-14(12)20-9)21-17(22)15-10-2-3-11(6-10)16(15)18(21)23/h2-5,7-8,10-11,15-16H,6H2,1H3/t10?,11?,15-,16+. The Morgan fingerprint density at radius 2 is 1.78 bits per heavy atom. The van der Waals surface area contributed by atoms with E-state index in [1.165, 1.54) is 4.90 Å². The summed E-state index contributed by atoms with van der Waals surface area (Å²) in [6.07, 6.45) is 6.92. The molecule has 1 aromatic carbocycles. The van der Waals surface area contributed by atoms with Gasteiger partial charge in [0.1, 0.15) is 5.82 Å². The van der Waals surface area contributed by atoms with Gasteiger partial charge in [-0.2, -0.15) is 0 Å². The van der Waals surface area contributed by atoms with Crippen molar-refractivity contribution in [3.05, 3.63) is 42.4 Å². The van der Waals surface area contributed by atoms with Crippen molar-refractivity contribution < 1.29 is 9.59 Å². The number of benzene rings is 1. The molecule has 23 heavy (non-hydrogen) atoms. The van der Waals surface area contributed by atoms with Crippen LogP contribution in [0.25, 0.3) is 10.9 Å². The van der Waals surface area contributed by atoms with Crippen molar-refractivity contribution in [3.63, 3.8) is 0 Å². The number of imide groups is 1. The Bertz CT molecular complexity index is 874. The molecule has 2 heterocycles. The summed E-state index contributed by atoms with van der Waals surface area (Å²) in [7, 11) is 0. The zero-order valence-corrected chi connectivity index (χ0v) is 12.6. The molecule has 2 amide bonds. The number of hydrogen-bond donors (Lipinski definition) is 0. The number of fused-ring (bicyclic) bond motifs is 6. The van der Waals surface area contributed by atoms with Crippen LogP contribution in [0.5, 0.6) is 0 Å². The fraction of sp³-hybridized carbons (Fsp3) is 0.333. The predicted octanol–water partition coefficient (Wildman–Crippen LogP) is 2.25. The maximum Gasteiger partial charge on any atom is 0.238 e. The first-order valence-corrected chi connectivity index (χ1v) is 7.93. The van der Waals surface area contributed by atoms with Gasteiger partial charge in [0.05, 0.1) is 23.0 Å². The molecule has 0 N–H and O–H groups in total. The summed E-state index contributed by atoms with van der Waals surface area (Å²) < 4.78 is 0. The highest BCUT2D eigenvalue weighted by atomic mass is 16.2. The van der Waals surface area contributed by atoms with Crippen LogP contribution in [0.4, 0.5) is 5.69 Å². The summed E-state index contributed by atoms with van der Waals surface area (Å²) in [5.74, 6) is 0.699. The van der Waals surface area contributed by atoms with E-state index in [1.807, 2.05) is 25.1 Å². The second kappa shape index (κ2) is 4.25. The van der Waals surface area contributed by atoms with Gasteiger partial charge in [-0.25, -0.2) is 14.9 Å². The fourth-order valence-corrected chi connectivity index (χ4v) is 4.40. The molecule has 114 valence electrons. The predicted molar refractivity (Wildman–Crippen MR) is 84.5 cm³/mol. The van der Waals surface area contributed by atoms with E-state index in [4.69, 9.17) is 0 Å². The Morgan fingerprint density at radius 1 is 1.09 bits per heavy atom. The molecule has 5 rings (SSSR count). The molecular weight excluding hydrogens is 290 g/mol. The molecule has 3 aliphatic rings. The summed E-state index contributed by atoms with van der Waals surface area (Å²) >= 11 is 0. The Morgan fingerprint density at radius 3 is 2.48 bits per heavy atom. The average molecular weight is 305 g/mol. The monoisotopic (exact) mass is 305 g/mol. The van der Waals surface area contributed by atoms with Crippen LogP contribution in [0.3, 0.4) is 0 Å². The van der Waals surface area contributed by atoms with Gasteiger partial charge in [-0.1, -0.05) is 12.2 Å². The minimum Gasteiger partial charge on any atom is -0.274 e. The third-order valence-corrected chi connectivity index (χ3v) is 5.42. The third-order valence-electron chi connectivity index (χ3n) is 5.42. The number of hydrogen-bond acceptors (Lipinski definition) is 4. The van der Waals surface area contributed by atoms with E-state index < -0.39 is 0 Å². The first-order chi connectivity index (χ1) is 11.1. The zero-order chi connectivity index (χ0) is 15.7. The number of carbonyl (C=O) groups is 2. The molecule has 2 aliphatic carbocycles. The lowest BCUT2D eigenvalue weighted by Gasteiger charge is -2.17. The second-order valence-electron chi connectivity index (χ2n) is 6.67. The van der Waals surface area contributed by atoms with E-state index in [0.717, 1.165) is 17.3 Å². The van der Waals surface area contributed by atoms with Gasteiger partial charge < -0.3 is 0 Å². The van der Waals surface area contributed by atoms with E-state index in [-0.39, 0.29) is 35.5 Å². The van der Waals surface area contributed by atoms with E-state index in [1.54, 1.807) is 6.20 Å². The van der Waals surface area contributed by atoms with Crippen LogP contribution in [-0.2, 0) is 9.59 Å². The normalized spacial score (nSPS) is 31.4. The maximum atomic E-state index is 12.8. The summed E-state index contributed by atoms with van der Waals surface area (Å²) in [6.45, 7) is 1.83. The molecular formula is C18H15N3O2. The molecule has 1 aliphatic heterocycles. The molecule has 1 saturated heterocycles. The largest absolute Gasteiger partial charge is 0.274 e. The van der Waals surface area contributed by atoms with Crippen molar-refractivity contribution in [2.75, 3.05) is 4.90 Å². The number of allylic oxidation sites excluding steroid dienone is 2.